The Hall–Kier alpha value is -1.43. The largest absolute Gasteiger partial charge is 0.396 e. The monoisotopic (exact) mass is 366 g/mol. The topological polar surface area (TPSA) is 74.6 Å². The first kappa shape index (κ1) is 21.6. The van der Waals surface area contributed by atoms with Gasteiger partial charge in [0.25, 0.3) is 10.1 Å². The highest BCUT2D eigenvalue weighted by Crippen LogP contribution is 2.25. The van der Waals surface area contributed by atoms with Crippen LogP contribution in [0.4, 0.5) is 0 Å². The van der Waals surface area contributed by atoms with Crippen molar-refractivity contribution in [2.75, 3.05) is 6.61 Å². The third-order valence-electron chi connectivity index (χ3n) is 4.26. The van der Waals surface area contributed by atoms with E-state index >= 15 is 0 Å². The first-order valence-electron chi connectivity index (χ1n) is 8.69. The molecule has 5 heteroatoms. The van der Waals surface area contributed by atoms with Crippen LogP contribution in [0, 0.1) is 12.8 Å². The summed E-state index contributed by atoms with van der Waals surface area (Å²) < 4.78 is 29.9. The fraction of sp³-hybridized carbons (Fsp3) is 0.500. The minimum absolute atomic E-state index is 0.0278. The number of allylic oxidation sites excluding steroid dienone is 4. The van der Waals surface area contributed by atoms with Crippen LogP contribution < -0.4 is 0 Å². The lowest BCUT2D eigenvalue weighted by molar-refractivity contribution is 0.215. The predicted octanol–water partition coefficient (Wildman–Crippen LogP) is 4.69. The van der Waals surface area contributed by atoms with E-state index in [4.69, 9.17) is 9.66 Å². The van der Waals surface area contributed by atoms with Crippen molar-refractivity contribution in [2.45, 2.75) is 57.8 Å². The van der Waals surface area contributed by atoms with Crippen molar-refractivity contribution in [3.05, 3.63) is 53.1 Å². The number of hydrogen-bond acceptors (Lipinski definition) is 3. The molecular weight excluding hydrogens is 336 g/mol. The molecule has 1 unspecified atom stereocenters. The Kier molecular flexibility index (Phi) is 9.11. The van der Waals surface area contributed by atoms with Crippen LogP contribution in [0.3, 0.4) is 0 Å². The van der Waals surface area contributed by atoms with Crippen LogP contribution in [0.1, 0.15) is 51.5 Å². The maximum Gasteiger partial charge on any atom is 0.294 e. The van der Waals surface area contributed by atoms with Crippen LogP contribution in [-0.2, 0) is 10.1 Å². The molecule has 0 bridgehead atoms. The summed E-state index contributed by atoms with van der Waals surface area (Å²) >= 11 is 0. The van der Waals surface area contributed by atoms with Gasteiger partial charge in [-0.3, -0.25) is 4.55 Å². The highest BCUT2D eigenvalue weighted by Gasteiger charge is 2.12. The second kappa shape index (κ2) is 10.5. The Morgan fingerprint density at radius 2 is 1.96 bits per heavy atom. The summed E-state index contributed by atoms with van der Waals surface area (Å²) in [5, 5.41) is 8.99. The zero-order valence-electron chi connectivity index (χ0n) is 15.4. The summed E-state index contributed by atoms with van der Waals surface area (Å²) in [6.45, 7) is 6.29. The molecule has 1 aliphatic carbocycles. The van der Waals surface area contributed by atoms with Gasteiger partial charge in [0.05, 0.1) is 4.90 Å². The van der Waals surface area contributed by atoms with Crippen LogP contribution in [-0.4, -0.2) is 24.7 Å². The number of rotatable bonds is 5. The average Bonchev–Trinajstić information content (AvgIpc) is 2.55. The molecule has 25 heavy (non-hydrogen) atoms. The highest BCUT2D eigenvalue weighted by atomic mass is 32.2. The summed E-state index contributed by atoms with van der Waals surface area (Å²) in [5.74, 6) is 0.530. The van der Waals surface area contributed by atoms with E-state index in [0.717, 1.165) is 6.42 Å². The fourth-order valence-electron chi connectivity index (χ4n) is 2.73. The van der Waals surface area contributed by atoms with Gasteiger partial charge >= 0.3 is 0 Å². The van der Waals surface area contributed by atoms with E-state index in [1.165, 1.54) is 37.3 Å². The van der Waals surface area contributed by atoms with Crippen molar-refractivity contribution in [3.8, 4) is 0 Å². The first-order valence-corrected chi connectivity index (χ1v) is 10.1. The summed E-state index contributed by atoms with van der Waals surface area (Å²) in [7, 11) is -4.03. The lowest BCUT2D eigenvalue weighted by Gasteiger charge is -2.19. The Labute approximate surface area is 152 Å². The Morgan fingerprint density at radius 3 is 2.40 bits per heavy atom. The minimum atomic E-state index is -4.03. The molecule has 4 nitrogen and oxygen atoms in total. The number of aliphatic hydroxyl groups is 1. The van der Waals surface area contributed by atoms with E-state index in [-0.39, 0.29) is 4.90 Å². The minimum Gasteiger partial charge on any atom is -0.396 e. The average molecular weight is 367 g/mol. The molecule has 0 amide bonds. The Balaban J connectivity index is 0.000000257. The molecule has 0 saturated heterocycles. The Bertz CT molecular complexity index is 698. The number of benzene rings is 1. The molecule has 0 fully saturated rings. The van der Waals surface area contributed by atoms with Crippen molar-refractivity contribution >= 4 is 10.1 Å². The maximum atomic E-state index is 10.6. The van der Waals surface area contributed by atoms with Crippen LogP contribution in [0.5, 0.6) is 0 Å². The molecule has 2 N–H and O–H groups in total. The summed E-state index contributed by atoms with van der Waals surface area (Å²) in [4.78, 5) is -0.0278. The van der Waals surface area contributed by atoms with Crippen LogP contribution in [0.25, 0.3) is 0 Å². The van der Waals surface area contributed by atoms with E-state index in [2.05, 4.69) is 26.0 Å². The van der Waals surface area contributed by atoms with Crippen molar-refractivity contribution in [3.63, 3.8) is 0 Å². The van der Waals surface area contributed by atoms with Crippen LogP contribution in [0.15, 0.2) is 52.5 Å². The zero-order valence-corrected chi connectivity index (χ0v) is 16.2. The molecule has 0 heterocycles. The number of hydrogen-bond donors (Lipinski definition) is 2. The van der Waals surface area contributed by atoms with E-state index in [0.29, 0.717) is 18.1 Å². The number of aliphatic hydroxyl groups excluding tert-OH is 1. The van der Waals surface area contributed by atoms with Gasteiger partial charge in [0.15, 0.2) is 0 Å². The van der Waals surface area contributed by atoms with E-state index in [9.17, 15) is 8.42 Å². The van der Waals surface area contributed by atoms with Crippen molar-refractivity contribution in [1.29, 1.82) is 0 Å². The van der Waals surface area contributed by atoms with Crippen LogP contribution >= 0.6 is 0 Å². The van der Waals surface area contributed by atoms with E-state index in [1.807, 2.05) is 0 Å². The maximum absolute atomic E-state index is 10.6. The summed E-state index contributed by atoms with van der Waals surface area (Å²) in [6.07, 6.45) is 10.5. The molecule has 1 aromatic rings. The van der Waals surface area contributed by atoms with Gasteiger partial charge in [0.2, 0.25) is 0 Å². The van der Waals surface area contributed by atoms with Gasteiger partial charge in [-0.1, -0.05) is 41.5 Å². The molecule has 1 aliphatic rings. The van der Waals surface area contributed by atoms with E-state index in [1.54, 1.807) is 30.7 Å². The standard InChI is InChI=1S/C13H22O.C7H8O3S/c1-11(2)4-3-5-12-6-8-13(10-14)9-7-12;1-6-4-2-3-5-7(6)11(8,9)10/h4,6,13-14H,3,5,7-10H2,1-2H3;2-5H,1H3,(H,8,9,10). The van der Waals surface area contributed by atoms with Gasteiger partial charge in [0, 0.05) is 6.61 Å². The van der Waals surface area contributed by atoms with Gasteiger partial charge < -0.3 is 5.11 Å². The third-order valence-corrected chi connectivity index (χ3v) is 5.28. The quantitative estimate of drug-likeness (QED) is 0.585. The molecule has 0 aromatic heterocycles. The van der Waals surface area contributed by atoms with Gasteiger partial charge in [-0.2, -0.15) is 8.42 Å². The normalized spacial score (nSPS) is 17.2. The molecule has 1 aromatic carbocycles. The van der Waals surface area contributed by atoms with Gasteiger partial charge in [0.1, 0.15) is 0 Å². The zero-order chi connectivity index (χ0) is 18.9. The smallest absolute Gasteiger partial charge is 0.294 e. The first-order chi connectivity index (χ1) is 11.7. The van der Waals surface area contributed by atoms with Crippen molar-refractivity contribution in [1.82, 2.24) is 0 Å². The van der Waals surface area contributed by atoms with Crippen molar-refractivity contribution < 1.29 is 18.1 Å². The van der Waals surface area contributed by atoms with Gasteiger partial charge in [-0.25, -0.2) is 0 Å². The Morgan fingerprint density at radius 1 is 1.28 bits per heavy atom. The SMILES string of the molecule is CC(C)=CCCC1=CCC(CO)CC1.Cc1ccccc1S(=O)(=O)O. The lowest BCUT2D eigenvalue weighted by Crippen LogP contribution is -2.09. The molecule has 0 spiro atoms. The highest BCUT2D eigenvalue weighted by molar-refractivity contribution is 7.85. The number of aryl methyl sites for hydroxylation is 1. The third kappa shape index (κ3) is 8.47. The second-order valence-corrected chi connectivity index (χ2v) is 8.14. The van der Waals surface area contributed by atoms with Gasteiger partial charge in [-0.05, 0) is 70.4 Å². The molecule has 0 aliphatic heterocycles. The molecule has 2 rings (SSSR count). The van der Waals surface area contributed by atoms with Crippen LogP contribution in [0.2, 0.25) is 0 Å². The molecule has 0 saturated carbocycles. The fourth-order valence-corrected chi connectivity index (χ4v) is 3.45. The lowest BCUT2D eigenvalue weighted by atomic mass is 9.88. The molecular formula is C20H30O4S. The second-order valence-electron chi connectivity index (χ2n) is 6.75. The molecule has 0 radical (unpaired) electrons. The predicted molar refractivity (Wildman–Crippen MR) is 102 cm³/mol. The summed E-state index contributed by atoms with van der Waals surface area (Å²) in [6, 6.07) is 6.27. The summed E-state index contributed by atoms with van der Waals surface area (Å²) in [5.41, 5.74) is 3.55. The van der Waals surface area contributed by atoms with E-state index < -0.39 is 10.1 Å². The van der Waals surface area contributed by atoms with Gasteiger partial charge in [-0.15, -0.1) is 0 Å². The molecule has 1 atom stereocenters. The molecule has 140 valence electrons. The van der Waals surface area contributed by atoms with Crippen molar-refractivity contribution in [2.24, 2.45) is 5.92 Å².